The third kappa shape index (κ3) is 4.94. The van der Waals surface area contributed by atoms with Gasteiger partial charge in [-0.05, 0) is 51.6 Å². The summed E-state index contributed by atoms with van der Waals surface area (Å²) in [7, 11) is 0. The van der Waals surface area contributed by atoms with Crippen molar-refractivity contribution < 1.29 is 5.11 Å². The van der Waals surface area contributed by atoms with Gasteiger partial charge in [-0.1, -0.05) is 20.3 Å². The highest BCUT2D eigenvalue weighted by atomic mass is 16.3. The van der Waals surface area contributed by atoms with Gasteiger partial charge in [-0.15, -0.1) is 0 Å². The lowest BCUT2D eigenvalue weighted by Crippen LogP contribution is -2.40. The van der Waals surface area contributed by atoms with Crippen molar-refractivity contribution in [2.24, 2.45) is 11.7 Å². The predicted octanol–water partition coefficient (Wildman–Crippen LogP) is 1.99. The summed E-state index contributed by atoms with van der Waals surface area (Å²) >= 11 is 0. The zero-order chi connectivity index (χ0) is 12.9. The number of rotatable bonds is 7. The highest BCUT2D eigenvalue weighted by Crippen LogP contribution is 2.24. The molecule has 1 heterocycles. The maximum Gasteiger partial charge on any atom is 0.0608 e. The van der Waals surface area contributed by atoms with Crippen molar-refractivity contribution in [2.45, 2.75) is 64.5 Å². The third-order valence-electron chi connectivity index (χ3n) is 3.99. The second kappa shape index (κ2) is 6.72. The van der Waals surface area contributed by atoms with Gasteiger partial charge in [0.25, 0.3) is 0 Å². The van der Waals surface area contributed by atoms with Crippen LogP contribution < -0.4 is 5.73 Å². The van der Waals surface area contributed by atoms with E-state index in [0.29, 0.717) is 0 Å². The van der Waals surface area contributed by atoms with E-state index in [-0.39, 0.29) is 12.1 Å². The van der Waals surface area contributed by atoms with Crippen LogP contribution in [-0.4, -0.2) is 41.3 Å². The summed E-state index contributed by atoms with van der Waals surface area (Å²) in [5.41, 5.74) is 5.54. The van der Waals surface area contributed by atoms with Crippen molar-refractivity contribution in [1.29, 1.82) is 0 Å². The Morgan fingerprint density at radius 1 is 1.41 bits per heavy atom. The van der Waals surface area contributed by atoms with Crippen molar-refractivity contribution in [1.82, 2.24) is 4.90 Å². The van der Waals surface area contributed by atoms with Crippen molar-refractivity contribution in [3.8, 4) is 0 Å². The number of aliphatic hydroxyl groups is 1. The predicted molar refractivity (Wildman–Crippen MR) is 73.0 cm³/mol. The molecule has 3 N–H and O–H groups in total. The lowest BCUT2D eigenvalue weighted by molar-refractivity contribution is 0.184. The second-order valence-electron chi connectivity index (χ2n) is 6.26. The summed E-state index contributed by atoms with van der Waals surface area (Å²) in [5, 5.41) is 9.08. The van der Waals surface area contributed by atoms with Crippen molar-refractivity contribution in [3.05, 3.63) is 0 Å². The molecule has 1 aliphatic rings. The van der Waals surface area contributed by atoms with Gasteiger partial charge in [-0.3, -0.25) is 0 Å². The highest BCUT2D eigenvalue weighted by molar-refractivity contribution is 4.82. The molecule has 1 fully saturated rings. The monoisotopic (exact) mass is 242 g/mol. The van der Waals surface area contributed by atoms with E-state index in [4.69, 9.17) is 10.8 Å². The van der Waals surface area contributed by atoms with Crippen molar-refractivity contribution in [3.63, 3.8) is 0 Å². The number of likely N-dealkylation sites (tertiary alicyclic amines) is 1. The molecule has 0 aromatic carbocycles. The van der Waals surface area contributed by atoms with Crippen LogP contribution in [-0.2, 0) is 0 Å². The van der Waals surface area contributed by atoms with Crippen LogP contribution in [0.15, 0.2) is 0 Å². The molecule has 2 unspecified atom stereocenters. The molecule has 0 spiro atoms. The summed E-state index contributed by atoms with van der Waals surface area (Å²) in [6, 6.07) is 0.789. The van der Waals surface area contributed by atoms with Crippen LogP contribution in [0.3, 0.4) is 0 Å². The van der Waals surface area contributed by atoms with E-state index in [2.05, 4.69) is 18.7 Å². The Kier molecular flexibility index (Phi) is 5.90. The van der Waals surface area contributed by atoms with E-state index < -0.39 is 0 Å². The average Bonchev–Trinajstić information content (AvgIpc) is 2.73. The van der Waals surface area contributed by atoms with Gasteiger partial charge in [0, 0.05) is 11.6 Å². The standard InChI is InChI=1S/C14H30N2O/c1-12(2)13-7-6-10-16(13)9-5-4-8-14(3,15)11-17/h12-13,17H,4-11,15H2,1-3H3. The second-order valence-corrected chi connectivity index (χ2v) is 6.26. The molecule has 0 aliphatic carbocycles. The Morgan fingerprint density at radius 2 is 2.12 bits per heavy atom. The topological polar surface area (TPSA) is 49.5 Å². The molecule has 1 rings (SSSR count). The fourth-order valence-electron chi connectivity index (χ4n) is 2.81. The first-order valence-corrected chi connectivity index (χ1v) is 7.10. The van der Waals surface area contributed by atoms with Crippen molar-refractivity contribution >= 4 is 0 Å². The largest absolute Gasteiger partial charge is 0.394 e. The number of hydrogen-bond acceptors (Lipinski definition) is 3. The molecule has 0 aromatic rings. The summed E-state index contributed by atoms with van der Waals surface area (Å²) in [5.74, 6) is 0.773. The molecule has 102 valence electrons. The minimum absolute atomic E-state index is 0.0886. The summed E-state index contributed by atoms with van der Waals surface area (Å²) < 4.78 is 0. The first-order chi connectivity index (χ1) is 7.96. The first kappa shape index (κ1) is 14.9. The van der Waals surface area contributed by atoms with Crippen LogP contribution in [0.4, 0.5) is 0 Å². The van der Waals surface area contributed by atoms with Gasteiger partial charge in [0.05, 0.1) is 6.61 Å². The molecule has 0 saturated carbocycles. The summed E-state index contributed by atoms with van der Waals surface area (Å²) in [6.07, 6.45) is 5.96. The molecule has 3 heteroatoms. The molecule has 1 saturated heterocycles. The fourth-order valence-corrected chi connectivity index (χ4v) is 2.81. The molecule has 1 aliphatic heterocycles. The Hall–Kier alpha value is -0.120. The number of aliphatic hydroxyl groups excluding tert-OH is 1. The summed E-state index contributed by atoms with van der Waals surface area (Å²) in [6.45, 7) is 9.13. The number of nitrogens with zero attached hydrogens (tertiary/aromatic N) is 1. The molecule has 3 nitrogen and oxygen atoms in total. The molecule has 0 amide bonds. The normalized spacial score (nSPS) is 25.4. The summed E-state index contributed by atoms with van der Waals surface area (Å²) in [4.78, 5) is 2.64. The average molecular weight is 242 g/mol. The van der Waals surface area contributed by atoms with E-state index in [0.717, 1.165) is 24.8 Å². The zero-order valence-electron chi connectivity index (χ0n) is 11.8. The Balaban J connectivity index is 2.18. The lowest BCUT2D eigenvalue weighted by Gasteiger charge is -2.28. The van der Waals surface area contributed by atoms with Crippen LogP contribution in [0, 0.1) is 5.92 Å². The SMILES string of the molecule is CC(C)C1CCCN1CCCCC(C)(N)CO. The molecule has 2 atom stereocenters. The molecular weight excluding hydrogens is 212 g/mol. The van der Waals surface area contributed by atoms with Crippen LogP contribution in [0.2, 0.25) is 0 Å². The number of nitrogens with two attached hydrogens (primary N) is 1. The quantitative estimate of drug-likeness (QED) is 0.671. The zero-order valence-corrected chi connectivity index (χ0v) is 11.8. The minimum Gasteiger partial charge on any atom is -0.394 e. The van der Waals surface area contributed by atoms with Gasteiger partial charge in [0.2, 0.25) is 0 Å². The smallest absolute Gasteiger partial charge is 0.0608 e. The van der Waals surface area contributed by atoms with E-state index >= 15 is 0 Å². The van der Waals surface area contributed by atoms with E-state index in [9.17, 15) is 0 Å². The fraction of sp³-hybridized carbons (Fsp3) is 1.00. The molecular formula is C14H30N2O. The Bertz CT molecular complexity index is 216. The van der Waals surface area contributed by atoms with E-state index in [1.165, 1.54) is 32.4 Å². The van der Waals surface area contributed by atoms with Gasteiger partial charge in [0.15, 0.2) is 0 Å². The van der Waals surface area contributed by atoms with E-state index in [1.807, 2.05) is 6.92 Å². The molecule has 17 heavy (non-hydrogen) atoms. The maximum atomic E-state index is 9.08. The van der Waals surface area contributed by atoms with Crippen LogP contribution in [0.1, 0.15) is 52.9 Å². The van der Waals surface area contributed by atoms with Gasteiger partial charge >= 0.3 is 0 Å². The first-order valence-electron chi connectivity index (χ1n) is 7.10. The Labute approximate surface area is 106 Å². The van der Waals surface area contributed by atoms with Gasteiger partial charge in [0.1, 0.15) is 0 Å². The number of unbranched alkanes of at least 4 members (excludes halogenated alkanes) is 1. The highest BCUT2D eigenvalue weighted by Gasteiger charge is 2.26. The van der Waals surface area contributed by atoms with Gasteiger partial charge < -0.3 is 15.7 Å². The van der Waals surface area contributed by atoms with E-state index in [1.54, 1.807) is 0 Å². The molecule has 0 aromatic heterocycles. The Morgan fingerprint density at radius 3 is 2.71 bits per heavy atom. The minimum atomic E-state index is -0.386. The molecule has 0 bridgehead atoms. The maximum absolute atomic E-state index is 9.08. The lowest BCUT2D eigenvalue weighted by atomic mass is 9.97. The third-order valence-corrected chi connectivity index (χ3v) is 3.99. The van der Waals surface area contributed by atoms with Crippen LogP contribution >= 0.6 is 0 Å². The van der Waals surface area contributed by atoms with Crippen LogP contribution in [0.5, 0.6) is 0 Å². The van der Waals surface area contributed by atoms with Crippen LogP contribution in [0.25, 0.3) is 0 Å². The molecule has 0 radical (unpaired) electrons. The van der Waals surface area contributed by atoms with Gasteiger partial charge in [-0.2, -0.15) is 0 Å². The van der Waals surface area contributed by atoms with Crippen molar-refractivity contribution in [2.75, 3.05) is 19.7 Å². The van der Waals surface area contributed by atoms with Gasteiger partial charge in [-0.25, -0.2) is 0 Å². The number of hydrogen-bond donors (Lipinski definition) is 2.